The van der Waals surface area contributed by atoms with Crippen LogP contribution in [0, 0.1) is 6.92 Å². The molecule has 0 spiro atoms. The van der Waals surface area contributed by atoms with Crippen molar-refractivity contribution in [2.24, 2.45) is 0 Å². The maximum Gasteiger partial charge on any atom is 0.224 e. The first-order valence-electron chi connectivity index (χ1n) is 8.49. The molecule has 8 nitrogen and oxygen atoms in total. The molecule has 0 unspecified atom stereocenters. The zero-order chi connectivity index (χ0) is 17.2. The molecule has 3 aromatic rings. The summed E-state index contributed by atoms with van der Waals surface area (Å²) in [6.45, 7) is 4.24. The van der Waals surface area contributed by atoms with Gasteiger partial charge in [0.05, 0.1) is 18.0 Å². The van der Waals surface area contributed by atoms with Gasteiger partial charge in [-0.15, -0.1) is 0 Å². The Labute approximate surface area is 149 Å². The van der Waals surface area contributed by atoms with Gasteiger partial charge in [-0.25, -0.2) is 14.5 Å². The fraction of sp³-hybridized carbons (Fsp3) is 0.500. The Morgan fingerprint density at radius 2 is 2.32 bits per heavy atom. The van der Waals surface area contributed by atoms with E-state index in [1.54, 1.807) is 17.5 Å². The van der Waals surface area contributed by atoms with Crippen LogP contribution < -0.4 is 10.2 Å². The minimum absolute atomic E-state index is 0.271. The fourth-order valence-corrected chi connectivity index (χ4v) is 3.78. The van der Waals surface area contributed by atoms with Crippen molar-refractivity contribution < 1.29 is 5.11 Å². The van der Waals surface area contributed by atoms with E-state index < -0.39 is 0 Å². The number of aliphatic hydroxyl groups excluding tert-OH is 1. The third kappa shape index (κ3) is 3.72. The van der Waals surface area contributed by atoms with Crippen LogP contribution in [0.1, 0.15) is 23.5 Å². The summed E-state index contributed by atoms with van der Waals surface area (Å²) in [7, 11) is 0. The van der Waals surface area contributed by atoms with Crippen LogP contribution >= 0.6 is 11.3 Å². The second kappa shape index (κ2) is 6.93. The molecule has 0 amide bonds. The maximum atomic E-state index is 9.82. The van der Waals surface area contributed by atoms with Crippen LogP contribution in [0.15, 0.2) is 18.5 Å². The van der Waals surface area contributed by atoms with E-state index in [1.165, 1.54) is 0 Å². The topological polar surface area (TPSA) is 91.5 Å². The average molecular weight is 359 g/mol. The summed E-state index contributed by atoms with van der Waals surface area (Å²) in [4.78, 5) is 16.4. The summed E-state index contributed by atoms with van der Waals surface area (Å²) in [6.07, 6.45) is 6.08. The molecule has 0 radical (unpaired) electrons. The lowest BCUT2D eigenvalue weighted by Crippen LogP contribution is -2.38. The molecule has 0 aromatic carbocycles. The summed E-state index contributed by atoms with van der Waals surface area (Å²) in [5.41, 5.74) is 1.00. The van der Waals surface area contributed by atoms with Gasteiger partial charge in [0.2, 0.25) is 10.9 Å². The monoisotopic (exact) mass is 359 g/mol. The average Bonchev–Trinajstić information content (AvgIpc) is 3.12. The first-order valence-corrected chi connectivity index (χ1v) is 9.30. The number of aromatic nitrogens is 5. The van der Waals surface area contributed by atoms with Crippen LogP contribution in [0.4, 0.5) is 11.8 Å². The van der Waals surface area contributed by atoms with E-state index >= 15 is 0 Å². The van der Waals surface area contributed by atoms with Crippen LogP contribution in [-0.2, 0) is 6.42 Å². The van der Waals surface area contributed by atoms with Gasteiger partial charge in [0, 0.05) is 32.3 Å². The first-order chi connectivity index (χ1) is 12.2. The van der Waals surface area contributed by atoms with Crippen LogP contribution in [0.3, 0.4) is 0 Å². The number of hydrogen-bond acceptors (Lipinski definition) is 8. The number of fused-ring (bicyclic) bond motifs is 1. The second-order valence-corrected chi connectivity index (χ2v) is 7.40. The smallest absolute Gasteiger partial charge is 0.224 e. The SMILES string of the molecule is Cc1nn2cc(CCNc3nccc(N4CCC[C@@H](O)C4)n3)nc2s1. The highest BCUT2D eigenvalue weighted by Crippen LogP contribution is 2.18. The van der Waals surface area contributed by atoms with E-state index in [1.807, 2.05) is 23.7 Å². The number of piperidine rings is 1. The van der Waals surface area contributed by atoms with Crippen LogP contribution in [0.5, 0.6) is 0 Å². The Morgan fingerprint density at radius 1 is 1.40 bits per heavy atom. The summed E-state index contributed by atoms with van der Waals surface area (Å²) < 4.78 is 1.83. The number of β-amino-alcohol motifs (C(OH)–C–C–N with tert-alkyl or cyclic N) is 1. The zero-order valence-corrected chi connectivity index (χ0v) is 14.9. The molecule has 1 fully saturated rings. The van der Waals surface area contributed by atoms with E-state index in [2.05, 4.69) is 30.3 Å². The highest BCUT2D eigenvalue weighted by atomic mass is 32.1. The van der Waals surface area contributed by atoms with Crippen molar-refractivity contribution in [3.63, 3.8) is 0 Å². The maximum absolute atomic E-state index is 9.82. The standard InChI is InChI=1S/C16H21N7OS/c1-11-21-23-9-12(19-16(23)25-11)4-6-17-15-18-7-5-14(20-15)22-8-2-3-13(24)10-22/h5,7,9,13,24H,2-4,6,8,10H2,1H3,(H,17,18,20)/t13-/m1/s1. The predicted octanol–water partition coefficient (Wildman–Crippen LogP) is 1.50. The lowest BCUT2D eigenvalue weighted by atomic mass is 10.1. The molecule has 4 heterocycles. The van der Waals surface area contributed by atoms with Gasteiger partial charge in [-0.1, -0.05) is 11.3 Å². The van der Waals surface area contributed by atoms with E-state index in [9.17, 15) is 5.11 Å². The zero-order valence-electron chi connectivity index (χ0n) is 14.1. The normalized spacial score (nSPS) is 18.0. The number of aryl methyl sites for hydroxylation is 1. The van der Waals surface area contributed by atoms with Crippen molar-refractivity contribution in [3.05, 3.63) is 29.2 Å². The van der Waals surface area contributed by atoms with Crippen LogP contribution in [0.2, 0.25) is 0 Å². The Hall–Kier alpha value is -2.26. The van der Waals surface area contributed by atoms with E-state index in [0.717, 1.165) is 47.3 Å². The van der Waals surface area contributed by atoms with Gasteiger partial charge in [0.25, 0.3) is 0 Å². The van der Waals surface area contributed by atoms with Gasteiger partial charge < -0.3 is 15.3 Å². The largest absolute Gasteiger partial charge is 0.391 e. The second-order valence-electron chi connectivity index (χ2n) is 6.24. The first kappa shape index (κ1) is 16.2. The van der Waals surface area contributed by atoms with Gasteiger partial charge in [0.15, 0.2) is 0 Å². The molecule has 0 aliphatic carbocycles. The van der Waals surface area contributed by atoms with Crippen molar-refractivity contribution in [2.75, 3.05) is 29.9 Å². The lowest BCUT2D eigenvalue weighted by molar-refractivity contribution is 0.154. The molecule has 4 rings (SSSR count). The van der Waals surface area contributed by atoms with Crippen molar-refractivity contribution in [2.45, 2.75) is 32.3 Å². The predicted molar refractivity (Wildman–Crippen MR) is 97.3 cm³/mol. The summed E-state index contributed by atoms with van der Waals surface area (Å²) in [5.74, 6) is 1.46. The Morgan fingerprint density at radius 3 is 3.16 bits per heavy atom. The number of imidazole rings is 1. The molecule has 0 saturated carbocycles. The van der Waals surface area contributed by atoms with Crippen molar-refractivity contribution >= 4 is 28.1 Å². The van der Waals surface area contributed by atoms with Crippen molar-refractivity contribution in [1.82, 2.24) is 24.6 Å². The van der Waals surface area contributed by atoms with Gasteiger partial charge in [-0.3, -0.25) is 0 Å². The van der Waals surface area contributed by atoms with E-state index in [4.69, 9.17) is 0 Å². The molecule has 132 valence electrons. The van der Waals surface area contributed by atoms with Crippen LogP contribution in [0.25, 0.3) is 4.96 Å². The molecule has 25 heavy (non-hydrogen) atoms. The lowest BCUT2D eigenvalue weighted by Gasteiger charge is -2.31. The van der Waals surface area contributed by atoms with E-state index in [-0.39, 0.29) is 6.10 Å². The summed E-state index contributed by atoms with van der Waals surface area (Å²) in [5, 5.41) is 18.5. The number of anilines is 2. The Bertz CT molecular complexity index is 830. The third-order valence-corrected chi connectivity index (χ3v) is 5.06. The minimum atomic E-state index is -0.271. The molecular weight excluding hydrogens is 338 g/mol. The van der Waals surface area contributed by atoms with Gasteiger partial charge in [-0.2, -0.15) is 10.1 Å². The van der Waals surface area contributed by atoms with Crippen molar-refractivity contribution in [3.8, 4) is 0 Å². The molecule has 2 N–H and O–H groups in total. The van der Waals surface area contributed by atoms with Gasteiger partial charge in [0.1, 0.15) is 10.8 Å². The highest BCUT2D eigenvalue weighted by molar-refractivity contribution is 7.16. The summed E-state index contributed by atoms with van der Waals surface area (Å²) >= 11 is 1.59. The van der Waals surface area contributed by atoms with Gasteiger partial charge >= 0.3 is 0 Å². The number of hydrogen-bond donors (Lipinski definition) is 2. The summed E-state index contributed by atoms with van der Waals surface area (Å²) in [6, 6.07) is 1.89. The molecule has 9 heteroatoms. The highest BCUT2D eigenvalue weighted by Gasteiger charge is 2.19. The molecular formula is C16H21N7OS. The van der Waals surface area contributed by atoms with Crippen molar-refractivity contribution in [1.29, 1.82) is 0 Å². The number of nitrogens with one attached hydrogen (secondary N) is 1. The number of nitrogens with zero attached hydrogens (tertiary/aromatic N) is 6. The quantitative estimate of drug-likeness (QED) is 0.713. The molecule has 1 saturated heterocycles. The molecule has 1 atom stereocenters. The molecule has 0 bridgehead atoms. The third-order valence-electron chi connectivity index (χ3n) is 4.22. The molecule has 1 aliphatic heterocycles. The Balaban J connectivity index is 1.36. The number of aliphatic hydroxyl groups is 1. The van der Waals surface area contributed by atoms with Gasteiger partial charge in [-0.05, 0) is 25.8 Å². The van der Waals surface area contributed by atoms with E-state index in [0.29, 0.717) is 19.0 Å². The number of rotatable bonds is 5. The molecule has 1 aliphatic rings. The minimum Gasteiger partial charge on any atom is -0.391 e. The Kier molecular flexibility index (Phi) is 4.50. The fourth-order valence-electron chi connectivity index (χ4n) is 3.04. The molecule has 3 aromatic heterocycles. The van der Waals surface area contributed by atoms with Crippen LogP contribution in [-0.4, -0.2) is 55.4 Å².